The summed E-state index contributed by atoms with van der Waals surface area (Å²) >= 11 is 0. The number of fused-ring (bicyclic) bond motifs is 2. The molecule has 0 unspecified atom stereocenters. The highest BCUT2D eigenvalue weighted by Gasteiger charge is 2.31. The normalized spacial score (nSPS) is 12.5. The van der Waals surface area contributed by atoms with Crippen LogP contribution >= 0.6 is 0 Å². The number of nitrogens with zero attached hydrogens (tertiary/aromatic N) is 3. The first-order valence-electron chi connectivity index (χ1n) is 11.4. The molecule has 0 saturated carbocycles. The van der Waals surface area contributed by atoms with Gasteiger partial charge in [0.25, 0.3) is 11.5 Å². The smallest absolute Gasteiger partial charge is 0.267 e. The molecular weight excluding hydrogens is 442 g/mol. The molecule has 0 saturated heterocycles. The Morgan fingerprint density at radius 3 is 2.57 bits per heavy atom. The number of carbonyl (C=O) groups excluding carboxylic acids is 2. The molecular formula is C28H25N3O4. The van der Waals surface area contributed by atoms with Gasteiger partial charge in [-0.1, -0.05) is 48.5 Å². The fraction of sp³-hybridized carbons (Fsp3) is 0.179. The summed E-state index contributed by atoms with van der Waals surface area (Å²) in [6.07, 6.45) is 1.44. The van der Waals surface area contributed by atoms with Gasteiger partial charge in [-0.25, -0.2) is 0 Å². The molecule has 3 aromatic carbocycles. The Balaban J connectivity index is 1.70. The molecule has 2 amide bonds. The van der Waals surface area contributed by atoms with Crippen LogP contribution in [0.15, 0.2) is 77.6 Å². The Labute approximate surface area is 202 Å². The van der Waals surface area contributed by atoms with Gasteiger partial charge in [-0.15, -0.1) is 0 Å². The van der Waals surface area contributed by atoms with Crippen molar-refractivity contribution in [3.8, 4) is 5.75 Å². The highest BCUT2D eigenvalue weighted by molar-refractivity contribution is 6.11. The molecule has 1 aliphatic heterocycles. The third kappa shape index (κ3) is 3.95. The summed E-state index contributed by atoms with van der Waals surface area (Å²) < 4.78 is 7.70. The number of aromatic nitrogens is 1. The summed E-state index contributed by atoms with van der Waals surface area (Å²) in [5, 5.41) is 0.588. The van der Waals surface area contributed by atoms with Gasteiger partial charge in [-0.2, -0.15) is 0 Å². The summed E-state index contributed by atoms with van der Waals surface area (Å²) in [5.41, 5.74) is 3.58. The van der Waals surface area contributed by atoms with Crippen LogP contribution in [0, 0.1) is 0 Å². The first kappa shape index (κ1) is 22.4. The van der Waals surface area contributed by atoms with Crippen LogP contribution in [-0.2, 0) is 24.9 Å². The Bertz CT molecular complexity index is 1490. The Morgan fingerprint density at radius 2 is 1.80 bits per heavy atom. The molecule has 0 atom stereocenters. The van der Waals surface area contributed by atoms with Crippen LogP contribution in [0.3, 0.4) is 0 Å². The molecule has 7 nitrogen and oxygen atoms in total. The van der Waals surface area contributed by atoms with E-state index >= 15 is 0 Å². The number of amides is 2. The van der Waals surface area contributed by atoms with Crippen molar-refractivity contribution < 1.29 is 14.3 Å². The Morgan fingerprint density at radius 1 is 1.06 bits per heavy atom. The number of hydrogen-bond acceptors (Lipinski definition) is 4. The standard InChI is InChI=1S/C28H25N3O4/c1-29(18-32)21-12-13-24-22(16-21)26(35-17-19-8-4-3-5-9-19)25(27(33)30(24)2)28(34)31-15-14-20-10-6-7-11-23(20)31/h3-13,16,18H,14-15,17H2,1-2H3. The number of carbonyl (C=O) groups is 2. The van der Waals surface area contributed by atoms with Gasteiger partial charge < -0.3 is 19.1 Å². The quantitative estimate of drug-likeness (QED) is 0.403. The van der Waals surface area contributed by atoms with Crippen molar-refractivity contribution in [2.45, 2.75) is 13.0 Å². The number of rotatable bonds is 6. The number of hydrogen-bond donors (Lipinski definition) is 0. The van der Waals surface area contributed by atoms with E-state index in [1.807, 2.05) is 54.6 Å². The van der Waals surface area contributed by atoms with Gasteiger partial charge >= 0.3 is 0 Å². The maximum Gasteiger partial charge on any atom is 0.267 e. The largest absolute Gasteiger partial charge is 0.487 e. The molecule has 0 fully saturated rings. The number of anilines is 2. The van der Waals surface area contributed by atoms with Crippen LogP contribution in [0.2, 0.25) is 0 Å². The van der Waals surface area contributed by atoms with Crippen LogP contribution in [0.1, 0.15) is 21.5 Å². The van der Waals surface area contributed by atoms with E-state index in [4.69, 9.17) is 4.74 Å². The van der Waals surface area contributed by atoms with E-state index in [0.29, 0.717) is 29.5 Å². The number of benzene rings is 3. The first-order valence-corrected chi connectivity index (χ1v) is 11.4. The minimum absolute atomic E-state index is 0.0152. The van der Waals surface area contributed by atoms with E-state index in [2.05, 4.69) is 0 Å². The molecule has 35 heavy (non-hydrogen) atoms. The van der Waals surface area contributed by atoms with E-state index < -0.39 is 11.5 Å². The highest BCUT2D eigenvalue weighted by Crippen LogP contribution is 2.35. The molecule has 1 aromatic heterocycles. The predicted molar refractivity (Wildman–Crippen MR) is 136 cm³/mol. The van der Waals surface area contributed by atoms with E-state index in [1.54, 1.807) is 37.2 Å². The third-order valence-electron chi connectivity index (χ3n) is 6.47. The third-order valence-corrected chi connectivity index (χ3v) is 6.47. The number of pyridine rings is 1. The molecule has 2 heterocycles. The summed E-state index contributed by atoms with van der Waals surface area (Å²) in [6.45, 7) is 0.680. The predicted octanol–water partition coefficient (Wildman–Crippen LogP) is 3.91. The van der Waals surface area contributed by atoms with Gasteiger partial charge in [0.05, 0.1) is 5.52 Å². The van der Waals surface area contributed by atoms with Gasteiger partial charge in [-0.05, 0) is 41.8 Å². The van der Waals surface area contributed by atoms with Crippen LogP contribution in [0.4, 0.5) is 11.4 Å². The second-order valence-corrected chi connectivity index (χ2v) is 8.60. The lowest BCUT2D eigenvalue weighted by atomic mass is 10.1. The summed E-state index contributed by atoms with van der Waals surface area (Å²) in [7, 11) is 3.29. The SMILES string of the molecule is CN(C=O)c1ccc2c(c1)c(OCc1ccccc1)c(C(=O)N1CCc3ccccc31)c(=O)n2C. The fourth-order valence-corrected chi connectivity index (χ4v) is 4.54. The lowest BCUT2D eigenvalue weighted by Crippen LogP contribution is -2.36. The second kappa shape index (κ2) is 9.10. The average molecular weight is 468 g/mol. The van der Waals surface area contributed by atoms with Crippen molar-refractivity contribution in [3.05, 3.63) is 99.8 Å². The molecule has 5 rings (SSSR count). The van der Waals surface area contributed by atoms with E-state index in [9.17, 15) is 14.4 Å². The summed E-state index contributed by atoms with van der Waals surface area (Å²) in [5.74, 6) is -0.169. The van der Waals surface area contributed by atoms with E-state index in [-0.39, 0.29) is 17.9 Å². The van der Waals surface area contributed by atoms with Gasteiger partial charge in [-0.3, -0.25) is 14.4 Å². The van der Waals surface area contributed by atoms with Crippen molar-refractivity contribution in [2.24, 2.45) is 7.05 Å². The number of para-hydroxylation sites is 1. The molecule has 0 bridgehead atoms. The fourth-order valence-electron chi connectivity index (χ4n) is 4.54. The molecule has 7 heteroatoms. The molecule has 0 aliphatic carbocycles. The van der Waals surface area contributed by atoms with E-state index in [1.165, 1.54) is 9.47 Å². The van der Waals surface area contributed by atoms with Gasteiger partial charge in [0, 0.05) is 37.4 Å². The number of ether oxygens (including phenoxy) is 1. The van der Waals surface area contributed by atoms with Crippen molar-refractivity contribution in [1.82, 2.24) is 4.57 Å². The maximum absolute atomic E-state index is 13.9. The Kier molecular flexibility index (Phi) is 5.82. The number of aryl methyl sites for hydroxylation is 1. The monoisotopic (exact) mass is 467 g/mol. The minimum atomic E-state index is -0.425. The highest BCUT2D eigenvalue weighted by atomic mass is 16.5. The van der Waals surface area contributed by atoms with Crippen molar-refractivity contribution >= 4 is 34.6 Å². The molecule has 0 radical (unpaired) electrons. The van der Waals surface area contributed by atoms with Crippen LogP contribution in [0.5, 0.6) is 5.75 Å². The lowest BCUT2D eigenvalue weighted by Gasteiger charge is -2.22. The zero-order valence-electron chi connectivity index (χ0n) is 19.6. The Hall–Kier alpha value is -4.39. The van der Waals surface area contributed by atoms with Crippen LogP contribution in [0.25, 0.3) is 10.9 Å². The minimum Gasteiger partial charge on any atom is -0.487 e. The zero-order valence-corrected chi connectivity index (χ0v) is 19.6. The maximum atomic E-state index is 13.9. The lowest BCUT2D eigenvalue weighted by molar-refractivity contribution is -0.107. The van der Waals surface area contributed by atoms with Crippen molar-refractivity contribution in [2.75, 3.05) is 23.4 Å². The molecule has 0 N–H and O–H groups in total. The molecule has 4 aromatic rings. The second-order valence-electron chi connectivity index (χ2n) is 8.60. The van der Waals surface area contributed by atoms with Gasteiger partial charge in [0.15, 0.2) is 0 Å². The van der Waals surface area contributed by atoms with Crippen LogP contribution < -0.4 is 20.1 Å². The summed E-state index contributed by atoms with van der Waals surface area (Å²) in [6, 6.07) is 22.6. The topological polar surface area (TPSA) is 71.8 Å². The molecule has 1 aliphatic rings. The van der Waals surface area contributed by atoms with Crippen molar-refractivity contribution in [1.29, 1.82) is 0 Å². The molecule has 0 spiro atoms. The summed E-state index contributed by atoms with van der Waals surface area (Å²) in [4.78, 5) is 42.0. The molecule has 176 valence electrons. The average Bonchev–Trinajstić information content (AvgIpc) is 3.33. The van der Waals surface area contributed by atoms with Gasteiger partial charge in [0.2, 0.25) is 6.41 Å². The van der Waals surface area contributed by atoms with Crippen LogP contribution in [-0.4, -0.2) is 30.5 Å². The first-order chi connectivity index (χ1) is 17.0. The van der Waals surface area contributed by atoms with Crippen molar-refractivity contribution in [3.63, 3.8) is 0 Å². The van der Waals surface area contributed by atoms with Gasteiger partial charge in [0.1, 0.15) is 17.9 Å². The van der Waals surface area contributed by atoms with E-state index in [0.717, 1.165) is 23.2 Å². The zero-order chi connectivity index (χ0) is 24.5.